The minimum atomic E-state index is -5.14. The molecule has 0 amide bonds. The molecule has 178 valence electrons. The molecule has 1 aliphatic rings. The Hall–Kier alpha value is -3.65. The van der Waals surface area contributed by atoms with Crippen LogP contribution in [-0.2, 0) is 12.5 Å². The average molecular weight is 476 g/mol. The Morgan fingerprint density at radius 3 is 2.59 bits per heavy atom. The molecule has 3 aromatic rings. The van der Waals surface area contributed by atoms with Crippen LogP contribution in [0.1, 0.15) is 43.0 Å². The molecule has 2 aromatic carbocycles. The van der Waals surface area contributed by atoms with E-state index in [0.29, 0.717) is 0 Å². The smallest absolute Gasteiger partial charge is 0.419 e. The molecule has 0 saturated heterocycles. The summed E-state index contributed by atoms with van der Waals surface area (Å²) in [4.78, 5) is 12.4. The normalized spacial score (nSPS) is 21.7. The number of nitriles is 1. The van der Waals surface area contributed by atoms with Gasteiger partial charge in [-0.1, -0.05) is 19.9 Å². The molecule has 0 aliphatic heterocycles. The molecule has 1 heterocycles. The molecule has 1 aromatic heterocycles. The fourth-order valence-corrected chi connectivity index (χ4v) is 4.81. The van der Waals surface area contributed by atoms with Crippen LogP contribution in [0.2, 0.25) is 0 Å². The molecule has 0 spiro atoms. The average Bonchev–Trinajstić information content (AvgIpc) is 2.74. The lowest BCUT2D eigenvalue weighted by Gasteiger charge is -2.49. The Morgan fingerprint density at radius 2 is 1.97 bits per heavy atom. The van der Waals surface area contributed by atoms with Crippen molar-refractivity contribution in [2.45, 2.75) is 43.5 Å². The summed E-state index contributed by atoms with van der Waals surface area (Å²) in [5.41, 5.74) is -6.39. The number of phenolic OH excluding ortho intramolecular Hbond substituents is 1. The molecule has 0 saturated carbocycles. The number of halogens is 4. The van der Waals surface area contributed by atoms with Gasteiger partial charge in [0.2, 0.25) is 0 Å². The van der Waals surface area contributed by atoms with E-state index in [9.17, 15) is 37.8 Å². The Balaban J connectivity index is 2.03. The summed E-state index contributed by atoms with van der Waals surface area (Å²) in [6.07, 6.45) is -4.75. The first-order valence-electron chi connectivity index (χ1n) is 10.2. The standard InChI is InChI=1S/C23H20F4N4O3/c1-21(2)10-22(34,23(25,26)27)19(13-7-11(8-28)17(24)18(32)16(13)21)30-15-6-4-5-12-14(15)9-29-31(3)20(12)33/h4-7,9,19,30,32,34H,10H2,1-3H3. The summed E-state index contributed by atoms with van der Waals surface area (Å²) in [5.74, 6) is -2.19. The van der Waals surface area contributed by atoms with Gasteiger partial charge in [0.1, 0.15) is 6.07 Å². The highest BCUT2D eigenvalue weighted by Crippen LogP contribution is 2.57. The first-order chi connectivity index (χ1) is 15.7. The molecule has 0 fully saturated rings. The van der Waals surface area contributed by atoms with Crippen molar-refractivity contribution in [3.05, 3.63) is 63.3 Å². The summed E-state index contributed by atoms with van der Waals surface area (Å²) < 4.78 is 58.7. The van der Waals surface area contributed by atoms with Crippen LogP contribution >= 0.6 is 0 Å². The van der Waals surface area contributed by atoms with Crippen molar-refractivity contribution in [3.8, 4) is 11.8 Å². The predicted molar refractivity (Wildman–Crippen MR) is 115 cm³/mol. The lowest BCUT2D eigenvalue weighted by Crippen LogP contribution is -2.58. The second kappa shape index (κ2) is 7.43. The van der Waals surface area contributed by atoms with Crippen molar-refractivity contribution >= 4 is 16.5 Å². The number of aromatic hydroxyl groups is 1. The maximum Gasteiger partial charge on any atom is 0.419 e. The highest BCUT2D eigenvalue weighted by atomic mass is 19.4. The molecule has 2 unspecified atom stereocenters. The van der Waals surface area contributed by atoms with Crippen LogP contribution < -0.4 is 10.9 Å². The number of rotatable bonds is 2. The van der Waals surface area contributed by atoms with E-state index in [1.807, 2.05) is 0 Å². The minimum absolute atomic E-state index is 0.0587. The number of hydrogen-bond acceptors (Lipinski definition) is 6. The number of fused-ring (bicyclic) bond motifs is 2. The lowest BCUT2D eigenvalue weighted by molar-refractivity contribution is -0.276. The monoisotopic (exact) mass is 476 g/mol. The Kier molecular flexibility index (Phi) is 5.14. The second-order valence-electron chi connectivity index (χ2n) is 9.06. The van der Waals surface area contributed by atoms with Crippen molar-refractivity contribution in [1.82, 2.24) is 9.78 Å². The molecule has 11 heteroatoms. The summed E-state index contributed by atoms with van der Waals surface area (Å²) in [6.45, 7) is 2.69. The maximum absolute atomic E-state index is 14.6. The number of phenols is 1. The summed E-state index contributed by atoms with van der Waals surface area (Å²) in [6, 6.07) is 4.84. The van der Waals surface area contributed by atoms with Crippen LogP contribution in [0.15, 0.2) is 35.3 Å². The van der Waals surface area contributed by atoms with Gasteiger partial charge in [0.15, 0.2) is 17.2 Å². The summed E-state index contributed by atoms with van der Waals surface area (Å²) in [5, 5.41) is 37.8. The third-order valence-electron chi connectivity index (χ3n) is 6.35. The van der Waals surface area contributed by atoms with E-state index < -0.39 is 52.3 Å². The van der Waals surface area contributed by atoms with E-state index in [0.717, 1.165) is 10.7 Å². The van der Waals surface area contributed by atoms with Crippen LogP contribution in [-0.4, -0.2) is 31.8 Å². The number of benzene rings is 2. The van der Waals surface area contributed by atoms with Crippen LogP contribution in [0.5, 0.6) is 5.75 Å². The number of anilines is 1. The number of aromatic nitrogens is 2. The third-order valence-corrected chi connectivity index (χ3v) is 6.35. The minimum Gasteiger partial charge on any atom is -0.505 e. The maximum atomic E-state index is 14.6. The molecule has 0 radical (unpaired) electrons. The molecule has 2 atom stereocenters. The topological polar surface area (TPSA) is 111 Å². The zero-order valence-corrected chi connectivity index (χ0v) is 18.3. The number of nitrogens with one attached hydrogen (secondary N) is 1. The molecular formula is C23H20F4N4O3. The number of nitrogens with zero attached hydrogens (tertiary/aromatic N) is 3. The number of hydrogen-bond donors (Lipinski definition) is 3. The van der Waals surface area contributed by atoms with E-state index >= 15 is 0 Å². The Labute approximate surface area is 190 Å². The second-order valence-corrected chi connectivity index (χ2v) is 9.06. The molecule has 0 bridgehead atoms. The predicted octanol–water partition coefficient (Wildman–Crippen LogP) is 3.78. The molecule has 3 N–H and O–H groups in total. The van der Waals surface area contributed by atoms with Gasteiger partial charge in [-0.15, -0.1) is 0 Å². The van der Waals surface area contributed by atoms with Crippen molar-refractivity contribution in [2.75, 3.05) is 5.32 Å². The number of aliphatic hydroxyl groups is 1. The molecule has 7 nitrogen and oxygen atoms in total. The quantitative estimate of drug-likeness (QED) is 0.486. The highest BCUT2D eigenvalue weighted by molar-refractivity contribution is 5.92. The van der Waals surface area contributed by atoms with E-state index in [1.165, 1.54) is 51.4 Å². The first-order valence-corrected chi connectivity index (χ1v) is 10.2. The van der Waals surface area contributed by atoms with Gasteiger partial charge in [-0.25, -0.2) is 9.07 Å². The van der Waals surface area contributed by atoms with Gasteiger partial charge in [-0.05, 0) is 35.6 Å². The van der Waals surface area contributed by atoms with Gasteiger partial charge in [-0.2, -0.15) is 23.5 Å². The van der Waals surface area contributed by atoms with Crippen LogP contribution in [0.3, 0.4) is 0 Å². The number of aryl methyl sites for hydroxylation is 1. The number of alkyl halides is 3. The highest BCUT2D eigenvalue weighted by Gasteiger charge is 2.64. The van der Waals surface area contributed by atoms with Crippen LogP contribution in [0.4, 0.5) is 23.2 Å². The van der Waals surface area contributed by atoms with Gasteiger partial charge in [0, 0.05) is 23.7 Å². The summed E-state index contributed by atoms with van der Waals surface area (Å²) in [7, 11) is 1.42. The zero-order valence-electron chi connectivity index (χ0n) is 18.3. The summed E-state index contributed by atoms with van der Waals surface area (Å²) >= 11 is 0. The van der Waals surface area contributed by atoms with Gasteiger partial charge in [0.05, 0.1) is 23.2 Å². The third kappa shape index (κ3) is 3.28. The van der Waals surface area contributed by atoms with Crippen molar-refractivity contribution in [3.63, 3.8) is 0 Å². The van der Waals surface area contributed by atoms with Gasteiger partial charge in [0.25, 0.3) is 5.56 Å². The fourth-order valence-electron chi connectivity index (χ4n) is 4.81. The van der Waals surface area contributed by atoms with E-state index in [1.54, 1.807) is 0 Å². The lowest BCUT2D eigenvalue weighted by atomic mass is 9.63. The van der Waals surface area contributed by atoms with E-state index in [2.05, 4.69) is 10.4 Å². The van der Waals surface area contributed by atoms with Crippen LogP contribution in [0.25, 0.3) is 10.8 Å². The Morgan fingerprint density at radius 1 is 1.29 bits per heavy atom. The van der Waals surface area contributed by atoms with Crippen molar-refractivity contribution < 1.29 is 27.8 Å². The largest absolute Gasteiger partial charge is 0.505 e. The van der Waals surface area contributed by atoms with Gasteiger partial charge >= 0.3 is 6.18 Å². The van der Waals surface area contributed by atoms with Crippen LogP contribution in [0, 0.1) is 17.1 Å². The van der Waals surface area contributed by atoms with Gasteiger partial charge in [-0.3, -0.25) is 4.79 Å². The van der Waals surface area contributed by atoms with Crippen molar-refractivity contribution in [1.29, 1.82) is 5.26 Å². The van der Waals surface area contributed by atoms with E-state index in [-0.39, 0.29) is 27.6 Å². The van der Waals surface area contributed by atoms with E-state index in [4.69, 9.17) is 0 Å². The first kappa shape index (κ1) is 23.5. The molecular weight excluding hydrogens is 456 g/mol. The fraction of sp³-hybridized carbons (Fsp3) is 0.348. The molecule has 1 aliphatic carbocycles. The zero-order chi connectivity index (χ0) is 25.2. The SMILES string of the molecule is Cn1ncc2c(NC3c4cc(C#N)c(F)c(O)c4C(C)(C)CC3(O)C(F)(F)F)cccc2c1=O. The molecule has 4 rings (SSSR count). The Bertz CT molecular complexity index is 1420. The van der Waals surface area contributed by atoms with Crippen molar-refractivity contribution in [2.24, 2.45) is 7.05 Å². The van der Waals surface area contributed by atoms with Gasteiger partial charge < -0.3 is 15.5 Å². The molecule has 34 heavy (non-hydrogen) atoms.